The smallest absolute Gasteiger partial charge is 0.307 e. The molecule has 0 fully saturated rings. The third-order valence-corrected chi connectivity index (χ3v) is 4.48. The number of carbonyl (C=O) groups is 2. The lowest BCUT2D eigenvalue weighted by Crippen LogP contribution is -2.39. The van der Waals surface area contributed by atoms with Crippen LogP contribution < -0.4 is 5.32 Å². The molecule has 1 amide bonds. The number of para-hydroxylation sites is 1. The summed E-state index contributed by atoms with van der Waals surface area (Å²) < 4.78 is 1.92. The highest BCUT2D eigenvalue weighted by Gasteiger charge is 2.33. The van der Waals surface area contributed by atoms with E-state index in [1.807, 2.05) is 47.3 Å². The van der Waals surface area contributed by atoms with Crippen LogP contribution in [0.15, 0.2) is 42.6 Å². The zero-order chi connectivity index (χ0) is 16.9. The Balaban J connectivity index is 1.50. The molecule has 3 rings (SSSR count). The maximum atomic E-state index is 12.3. The van der Waals surface area contributed by atoms with Gasteiger partial charge in [0.1, 0.15) is 0 Å². The Labute approximate surface area is 140 Å². The standard InChI is InChI=1S/C18H21N3O3/c22-17(14-7-2-3-8-15(14)18(23)24)19-10-5-11-21-16-9-4-1-6-13(16)12-20-21/h1-4,6,9,12,14-15H,5,7-8,10-11H2,(H,19,22)(H,23,24). The van der Waals surface area contributed by atoms with E-state index in [4.69, 9.17) is 0 Å². The van der Waals surface area contributed by atoms with Gasteiger partial charge in [0.15, 0.2) is 0 Å². The second-order valence-corrected chi connectivity index (χ2v) is 6.07. The summed E-state index contributed by atoms with van der Waals surface area (Å²) in [6, 6.07) is 7.99. The SMILES string of the molecule is O=C(O)C1CC=CCC1C(=O)NCCCn1ncc2ccccc21. The zero-order valence-corrected chi connectivity index (χ0v) is 13.4. The van der Waals surface area contributed by atoms with Gasteiger partial charge in [-0.3, -0.25) is 14.3 Å². The first-order valence-electron chi connectivity index (χ1n) is 8.23. The summed E-state index contributed by atoms with van der Waals surface area (Å²) in [4.78, 5) is 23.5. The number of carbonyl (C=O) groups excluding carboxylic acids is 1. The number of nitrogens with one attached hydrogen (secondary N) is 1. The Kier molecular flexibility index (Phi) is 4.93. The van der Waals surface area contributed by atoms with E-state index in [9.17, 15) is 14.7 Å². The molecule has 2 aromatic rings. The Morgan fingerprint density at radius 3 is 2.75 bits per heavy atom. The zero-order valence-electron chi connectivity index (χ0n) is 13.4. The molecule has 1 heterocycles. The summed E-state index contributed by atoms with van der Waals surface area (Å²) in [5.74, 6) is -2.16. The Hall–Kier alpha value is -2.63. The monoisotopic (exact) mass is 327 g/mol. The molecule has 6 heteroatoms. The summed E-state index contributed by atoms with van der Waals surface area (Å²) in [6.07, 6.45) is 7.22. The third-order valence-electron chi connectivity index (χ3n) is 4.48. The first-order chi connectivity index (χ1) is 11.7. The van der Waals surface area contributed by atoms with Crippen LogP contribution in [0.3, 0.4) is 0 Å². The molecule has 0 aliphatic heterocycles. The molecule has 2 N–H and O–H groups in total. The molecule has 1 aromatic heterocycles. The van der Waals surface area contributed by atoms with Gasteiger partial charge in [0.05, 0.1) is 23.5 Å². The lowest BCUT2D eigenvalue weighted by Gasteiger charge is -2.24. The van der Waals surface area contributed by atoms with Gasteiger partial charge < -0.3 is 10.4 Å². The molecule has 126 valence electrons. The van der Waals surface area contributed by atoms with Crippen molar-refractivity contribution in [3.05, 3.63) is 42.6 Å². The van der Waals surface area contributed by atoms with Crippen molar-refractivity contribution in [1.82, 2.24) is 15.1 Å². The molecule has 0 saturated heterocycles. The number of aryl methyl sites for hydroxylation is 1. The maximum Gasteiger partial charge on any atom is 0.307 e. The van der Waals surface area contributed by atoms with Crippen molar-refractivity contribution in [2.24, 2.45) is 11.8 Å². The van der Waals surface area contributed by atoms with Crippen LogP contribution in [0.1, 0.15) is 19.3 Å². The van der Waals surface area contributed by atoms with Crippen LogP contribution in [-0.2, 0) is 16.1 Å². The predicted molar refractivity (Wildman–Crippen MR) is 90.3 cm³/mol. The maximum absolute atomic E-state index is 12.3. The van der Waals surface area contributed by atoms with Crippen molar-refractivity contribution in [2.45, 2.75) is 25.8 Å². The largest absolute Gasteiger partial charge is 0.481 e. The number of nitrogens with zero attached hydrogens (tertiary/aromatic N) is 2. The van der Waals surface area contributed by atoms with Crippen molar-refractivity contribution in [3.8, 4) is 0 Å². The molecular weight excluding hydrogens is 306 g/mol. The average Bonchev–Trinajstić information content (AvgIpc) is 3.01. The lowest BCUT2D eigenvalue weighted by atomic mass is 9.82. The number of aromatic nitrogens is 2. The van der Waals surface area contributed by atoms with E-state index in [0.717, 1.165) is 17.3 Å². The van der Waals surface area contributed by atoms with E-state index in [1.54, 1.807) is 0 Å². The summed E-state index contributed by atoms with van der Waals surface area (Å²) >= 11 is 0. The van der Waals surface area contributed by atoms with Crippen molar-refractivity contribution >= 4 is 22.8 Å². The topological polar surface area (TPSA) is 84.2 Å². The molecule has 2 atom stereocenters. The van der Waals surface area contributed by atoms with E-state index in [2.05, 4.69) is 10.4 Å². The van der Waals surface area contributed by atoms with Crippen molar-refractivity contribution in [1.29, 1.82) is 0 Å². The summed E-state index contributed by atoms with van der Waals surface area (Å²) in [5.41, 5.74) is 1.08. The second kappa shape index (κ2) is 7.29. The van der Waals surface area contributed by atoms with Gasteiger partial charge in [-0.25, -0.2) is 0 Å². The van der Waals surface area contributed by atoms with Gasteiger partial charge in [-0.2, -0.15) is 5.10 Å². The van der Waals surface area contributed by atoms with Gasteiger partial charge in [-0.15, -0.1) is 0 Å². The second-order valence-electron chi connectivity index (χ2n) is 6.07. The van der Waals surface area contributed by atoms with Crippen molar-refractivity contribution < 1.29 is 14.7 Å². The fourth-order valence-electron chi connectivity index (χ4n) is 3.15. The highest BCUT2D eigenvalue weighted by atomic mass is 16.4. The predicted octanol–water partition coefficient (Wildman–Crippen LogP) is 2.21. The molecule has 1 aliphatic rings. The molecule has 0 radical (unpaired) electrons. The number of hydrogen-bond acceptors (Lipinski definition) is 3. The minimum Gasteiger partial charge on any atom is -0.481 e. The first kappa shape index (κ1) is 16.2. The Morgan fingerprint density at radius 2 is 1.96 bits per heavy atom. The molecular formula is C18H21N3O3. The number of hydrogen-bond donors (Lipinski definition) is 2. The van der Waals surface area contributed by atoms with Gasteiger partial charge in [0.25, 0.3) is 0 Å². The summed E-state index contributed by atoms with van der Waals surface area (Å²) in [7, 11) is 0. The minimum absolute atomic E-state index is 0.169. The number of rotatable bonds is 6. The number of aliphatic carboxylic acids is 1. The number of benzene rings is 1. The number of amides is 1. The van der Waals surface area contributed by atoms with E-state index < -0.39 is 17.8 Å². The van der Waals surface area contributed by atoms with E-state index in [0.29, 0.717) is 25.9 Å². The first-order valence-corrected chi connectivity index (χ1v) is 8.23. The van der Waals surface area contributed by atoms with Crippen molar-refractivity contribution in [2.75, 3.05) is 6.54 Å². The highest BCUT2D eigenvalue weighted by molar-refractivity contribution is 5.85. The number of allylic oxidation sites excluding steroid dienone is 2. The number of fused-ring (bicyclic) bond motifs is 1. The Bertz CT molecular complexity index is 766. The van der Waals surface area contributed by atoms with Crippen LogP contribution in [0.25, 0.3) is 10.9 Å². The van der Waals surface area contributed by atoms with E-state index in [-0.39, 0.29) is 5.91 Å². The normalized spacial score (nSPS) is 20.2. The Morgan fingerprint density at radius 1 is 1.21 bits per heavy atom. The lowest BCUT2D eigenvalue weighted by molar-refractivity contribution is -0.147. The van der Waals surface area contributed by atoms with Crippen LogP contribution in [-0.4, -0.2) is 33.3 Å². The number of carboxylic acid groups (broad SMARTS) is 1. The fraction of sp³-hybridized carbons (Fsp3) is 0.389. The van der Waals surface area contributed by atoms with Gasteiger partial charge >= 0.3 is 5.97 Å². The molecule has 6 nitrogen and oxygen atoms in total. The fourth-order valence-corrected chi connectivity index (χ4v) is 3.15. The van der Waals surface area contributed by atoms with Crippen LogP contribution in [0.2, 0.25) is 0 Å². The van der Waals surface area contributed by atoms with Gasteiger partial charge in [0, 0.05) is 18.5 Å². The van der Waals surface area contributed by atoms with Gasteiger partial charge in [-0.1, -0.05) is 30.4 Å². The quantitative estimate of drug-likeness (QED) is 0.629. The molecule has 0 saturated carbocycles. The minimum atomic E-state index is -0.900. The molecule has 0 spiro atoms. The summed E-state index contributed by atoms with van der Waals surface area (Å²) in [6.45, 7) is 1.22. The van der Waals surface area contributed by atoms with Crippen LogP contribution in [0.5, 0.6) is 0 Å². The molecule has 1 aliphatic carbocycles. The average molecular weight is 327 g/mol. The summed E-state index contributed by atoms with van der Waals surface area (Å²) in [5, 5.41) is 17.6. The van der Waals surface area contributed by atoms with Crippen LogP contribution in [0, 0.1) is 11.8 Å². The van der Waals surface area contributed by atoms with Crippen LogP contribution >= 0.6 is 0 Å². The van der Waals surface area contributed by atoms with Crippen LogP contribution in [0.4, 0.5) is 0 Å². The third kappa shape index (κ3) is 3.48. The highest BCUT2D eigenvalue weighted by Crippen LogP contribution is 2.26. The molecule has 2 unspecified atom stereocenters. The number of carboxylic acids is 1. The van der Waals surface area contributed by atoms with Gasteiger partial charge in [0.2, 0.25) is 5.91 Å². The van der Waals surface area contributed by atoms with E-state index >= 15 is 0 Å². The molecule has 24 heavy (non-hydrogen) atoms. The van der Waals surface area contributed by atoms with Gasteiger partial charge in [-0.05, 0) is 25.3 Å². The van der Waals surface area contributed by atoms with E-state index in [1.165, 1.54) is 0 Å². The molecule has 0 bridgehead atoms. The molecule has 1 aromatic carbocycles. The van der Waals surface area contributed by atoms with Crippen molar-refractivity contribution in [3.63, 3.8) is 0 Å².